The molecule has 10 heteroatoms. The fourth-order valence-corrected chi connectivity index (χ4v) is 3.74. The SMILES string of the molecule is Cc1cc(=O)c(C(=O)Nc2ccc(C(=O)N3CCCC3)cc2)nn1-c1ccccc1[N+](=O)[O-]. The van der Waals surface area contributed by atoms with E-state index in [-0.39, 0.29) is 17.3 Å². The molecule has 0 unspecified atom stereocenters. The lowest BCUT2D eigenvalue weighted by Gasteiger charge is -2.15. The van der Waals surface area contributed by atoms with Gasteiger partial charge in [0.2, 0.25) is 5.43 Å². The number of anilines is 1. The zero-order valence-electron chi connectivity index (χ0n) is 17.9. The number of aromatic nitrogens is 2. The minimum absolute atomic E-state index is 0.0575. The fraction of sp³-hybridized carbons (Fsp3) is 0.217. The van der Waals surface area contributed by atoms with Gasteiger partial charge < -0.3 is 10.2 Å². The number of aryl methyl sites for hydroxylation is 1. The number of nitro benzene ring substituents is 1. The Bertz CT molecular complexity index is 1290. The summed E-state index contributed by atoms with van der Waals surface area (Å²) in [5.41, 5.74) is 0.159. The Morgan fingerprint density at radius 1 is 1.06 bits per heavy atom. The third-order valence-corrected chi connectivity index (χ3v) is 5.41. The van der Waals surface area contributed by atoms with Crippen LogP contribution in [0.5, 0.6) is 0 Å². The molecule has 1 saturated heterocycles. The number of benzene rings is 2. The van der Waals surface area contributed by atoms with E-state index in [1.165, 1.54) is 28.9 Å². The summed E-state index contributed by atoms with van der Waals surface area (Å²) in [6.45, 7) is 3.05. The minimum Gasteiger partial charge on any atom is -0.339 e. The zero-order valence-corrected chi connectivity index (χ0v) is 17.9. The second-order valence-corrected chi connectivity index (χ2v) is 7.69. The minimum atomic E-state index is -0.758. The Morgan fingerprint density at radius 3 is 2.39 bits per heavy atom. The first-order valence-electron chi connectivity index (χ1n) is 10.4. The van der Waals surface area contributed by atoms with E-state index in [4.69, 9.17) is 0 Å². The lowest BCUT2D eigenvalue weighted by molar-refractivity contribution is -0.384. The van der Waals surface area contributed by atoms with Crippen molar-refractivity contribution < 1.29 is 14.5 Å². The average Bonchev–Trinajstić information content (AvgIpc) is 3.34. The maximum absolute atomic E-state index is 12.8. The van der Waals surface area contributed by atoms with E-state index in [2.05, 4.69) is 10.4 Å². The van der Waals surface area contributed by atoms with Crippen LogP contribution in [-0.2, 0) is 0 Å². The third-order valence-electron chi connectivity index (χ3n) is 5.41. The highest BCUT2D eigenvalue weighted by atomic mass is 16.6. The number of carbonyl (C=O) groups is 2. The molecular formula is C23H21N5O5. The Morgan fingerprint density at radius 2 is 1.73 bits per heavy atom. The molecule has 0 bridgehead atoms. The van der Waals surface area contributed by atoms with Crippen LogP contribution < -0.4 is 10.7 Å². The van der Waals surface area contributed by atoms with Gasteiger partial charge in [0.1, 0.15) is 5.69 Å². The molecule has 1 N–H and O–H groups in total. The molecule has 0 saturated carbocycles. The van der Waals surface area contributed by atoms with Crippen molar-refractivity contribution in [1.82, 2.24) is 14.7 Å². The summed E-state index contributed by atoms with van der Waals surface area (Å²) in [7, 11) is 0. The number of likely N-dealkylation sites (tertiary alicyclic amines) is 1. The average molecular weight is 447 g/mol. The van der Waals surface area contributed by atoms with E-state index in [0.29, 0.717) is 16.9 Å². The smallest absolute Gasteiger partial charge is 0.294 e. The highest BCUT2D eigenvalue weighted by Gasteiger charge is 2.21. The molecule has 168 valence electrons. The summed E-state index contributed by atoms with van der Waals surface area (Å²) >= 11 is 0. The second-order valence-electron chi connectivity index (χ2n) is 7.69. The van der Waals surface area contributed by atoms with E-state index in [1.54, 1.807) is 42.2 Å². The molecule has 0 spiro atoms. The molecular weight excluding hydrogens is 426 g/mol. The van der Waals surface area contributed by atoms with Crippen molar-refractivity contribution in [3.05, 3.63) is 91.9 Å². The largest absolute Gasteiger partial charge is 0.339 e. The van der Waals surface area contributed by atoms with Crippen LogP contribution in [0, 0.1) is 17.0 Å². The van der Waals surface area contributed by atoms with Gasteiger partial charge in [0, 0.05) is 42.2 Å². The molecule has 1 aliphatic heterocycles. The number of nitro groups is 1. The first-order valence-corrected chi connectivity index (χ1v) is 10.4. The van der Waals surface area contributed by atoms with E-state index < -0.39 is 22.0 Å². The van der Waals surface area contributed by atoms with Crippen molar-refractivity contribution >= 4 is 23.2 Å². The number of hydrogen-bond acceptors (Lipinski definition) is 6. The van der Waals surface area contributed by atoms with Crippen molar-refractivity contribution in [2.75, 3.05) is 18.4 Å². The number of nitrogens with one attached hydrogen (secondary N) is 1. The lowest BCUT2D eigenvalue weighted by Crippen LogP contribution is -2.28. The highest BCUT2D eigenvalue weighted by Crippen LogP contribution is 2.22. The molecule has 1 aliphatic rings. The number of hydrogen-bond donors (Lipinski definition) is 1. The maximum Gasteiger partial charge on any atom is 0.294 e. The van der Waals surface area contributed by atoms with Crippen LogP contribution in [0.2, 0.25) is 0 Å². The fourth-order valence-electron chi connectivity index (χ4n) is 3.74. The monoisotopic (exact) mass is 447 g/mol. The standard InChI is InChI=1S/C23H21N5O5/c1-15-14-20(29)21(25-27(15)18-6-2-3-7-19(18)28(32)33)22(30)24-17-10-8-16(9-11-17)23(31)26-12-4-5-13-26/h2-3,6-11,14H,4-5,12-13H2,1H3,(H,24,30). The van der Waals surface area contributed by atoms with Crippen LogP contribution >= 0.6 is 0 Å². The Labute approximate surface area is 188 Å². The van der Waals surface area contributed by atoms with Crippen molar-refractivity contribution in [1.29, 1.82) is 0 Å². The third kappa shape index (κ3) is 4.49. The van der Waals surface area contributed by atoms with Crippen LogP contribution in [0.3, 0.4) is 0 Å². The van der Waals surface area contributed by atoms with Crippen molar-refractivity contribution in [2.24, 2.45) is 0 Å². The molecule has 33 heavy (non-hydrogen) atoms. The predicted octanol–water partition coefficient (Wildman–Crippen LogP) is 2.94. The summed E-state index contributed by atoms with van der Waals surface area (Å²) in [4.78, 5) is 50.3. The van der Waals surface area contributed by atoms with Gasteiger partial charge in [0.05, 0.1) is 4.92 Å². The number of amides is 2. The van der Waals surface area contributed by atoms with Gasteiger partial charge in [-0.3, -0.25) is 24.5 Å². The van der Waals surface area contributed by atoms with Crippen LogP contribution in [0.4, 0.5) is 11.4 Å². The molecule has 0 radical (unpaired) electrons. The van der Waals surface area contributed by atoms with Gasteiger partial charge in [-0.25, -0.2) is 4.68 Å². The first kappa shape index (κ1) is 21.9. The summed E-state index contributed by atoms with van der Waals surface area (Å²) in [5.74, 6) is -0.816. The molecule has 10 nitrogen and oxygen atoms in total. The molecule has 2 heterocycles. The van der Waals surface area contributed by atoms with Gasteiger partial charge >= 0.3 is 0 Å². The number of para-hydroxylation sites is 2. The van der Waals surface area contributed by atoms with E-state index in [0.717, 1.165) is 25.9 Å². The summed E-state index contributed by atoms with van der Waals surface area (Å²) in [6, 6.07) is 13.5. The van der Waals surface area contributed by atoms with E-state index in [1.807, 2.05) is 0 Å². The Kier molecular flexibility index (Phi) is 5.99. The Hall–Kier alpha value is -4.34. The van der Waals surface area contributed by atoms with Gasteiger partial charge in [-0.2, -0.15) is 5.10 Å². The number of rotatable bonds is 5. The summed E-state index contributed by atoms with van der Waals surface area (Å²) < 4.78 is 1.20. The summed E-state index contributed by atoms with van der Waals surface area (Å²) in [6.07, 6.45) is 1.99. The molecule has 4 rings (SSSR count). The molecule has 0 atom stereocenters. The Balaban J connectivity index is 1.59. The van der Waals surface area contributed by atoms with Crippen molar-refractivity contribution in [3.63, 3.8) is 0 Å². The van der Waals surface area contributed by atoms with Crippen molar-refractivity contribution in [3.8, 4) is 5.69 Å². The molecule has 1 aromatic heterocycles. The topological polar surface area (TPSA) is 127 Å². The predicted molar refractivity (Wildman–Crippen MR) is 121 cm³/mol. The van der Waals surface area contributed by atoms with Crippen LogP contribution in [0.1, 0.15) is 39.4 Å². The molecule has 0 aliphatic carbocycles. The van der Waals surface area contributed by atoms with Crippen molar-refractivity contribution in [2.45, 2.75) is 19.8 Å². The van der Waals surface area contributed by atoms with Gasteiger partial charge in [0.25, 0.3) is 17.5 Å². The van der Waals surface area contributed by atoms with Crippen LogP contribution in [0.15, 0.2) is 59.4 Å². The number of nitrogens with zero attached hydrogens (tertiary/aromatic N) is 4. The molecule has 2 amide bonds. The quantitative estimate of drug-likeness (QED) is 0.473. The van der Waals surface area contributed by atoms with Gasteiger partial charge in [-0.15, -0.1) is 0 Å². The molecule has 3 aromatic rings. The molecule has 2 aromatic carbocycles. The maximum atomic E-state index is 12.8. The van der Waals surface area contributed by atoms with Crippen LogP contribution in [0.25, 0.3) is 5.69 Å². The zero-order chi connectivity index (χ0) is 23.5. The lowest BCUT2D eigenvalue weighted by atomic mass is 10.2. The van der Waals surface area contributed by atoms with E-state index in [9.17, 15) is 24.5 Å². The molecule has 1 fully saturated rings. The number of carbonyl (C=O) groups excluding carboxylic acids is 2. The second kappa shape index (κ2) is 9.03. The first-order chi connectivity index (χ1) is 15.8. The normalized spacial score (nSPS) is 13.1. The van der Waals surface area contributed by atoms with Gasteiger partial charge in [0.15, 0.2) is 5.69 Å². The van der Waals surface area contributed by atoms with E-state index >= 15 is 0 Å². The van der Waals surface area contributed by atoms with Gasteiger partial charge in [-0.1, -0.05) is 12.1 Å². The van der Waals surface area contributed by atoms with Gasteiger partial charge in [-0.05, 0) is 50.1 Å². The highest BCUT2D eigenvalue weighted by molar-refractivity contribution is 6.03. The van der Waals surface area contributed by atoms with Crippen LogP contribution in [-0.4, -0.2) is 44.5 Å². The summed E-state index contributed by atoms with van der Waals surface area (Å²) in [5, 5.41) is 18.1.